The van der Waals surface area contributed by atoms with Crippen LogP contribution in [0.4, 0.5) is 13.2 Å². The number of carbonyl (C=O) groups is 1. The summed E-state index contributed by atoms with van der Waals surface area (Å²) in [5, 5.41) is 0. The van der Waals surface area contributed by atoms with Gasteiger partial charge in [-0.1, -0.05) is 20.8 Å². The fourth-order valence-electron chi connectivity index (χ4n) is 3.77. The molecule has 7 nitrogen and oxygen atoms in total. The van der Waals surface area contributed by atoms with Crippen molar-refractivity contribution in [2.24, 2.45) is 12.0 Å². The topological polar surface area (TPSA) is 70.6 Å². The van der Waals surface area contributed by atoms with E-state index in [1.807, 2.05) is 10.8 Å². The molecule has 0 spiro atoms. The monoisotopic (exact) mass is 522 g/mol. The number of hydrogen-bond donors (Lipinski definition) is 0. The SMILES string of the molecule is Cn1cncc1COc1ccc(C(F)(F)F)cc1C(=O)N=c1sc(C(C)(C)C)cn1C[C@H]1CCCO1. The maximum Gasteiger partial charge on any atom is 0.416 e. The molecule has 0 unspecified atom stereocenters. The predicted molar refractivity (Wildman–Crippen MR) is 129 cm³/mol. The quantitative estimate of drug-likeness (QED) is 0.452. The van der Waals surface area contributed by atoms with Gasteiger partial charge in [-0.15, -0.1) is 11.3 Å². The number of nitrogens with zero attached hydrogens (tertiary/aromatic N) is 4. The van der Waals surface area contributed by atoms with Crippen LogP contribution >= 0.6 is 11.3 Å². The van der Waals surface area contributed by atoms with Gasteiger partial charge in [-0.25, -0.2) is 4.98 Å². The number of rotatable bonds is 6. The Morgan fingerprint density at radius 2 is 2.08 bits per heavy atom. The molecule has 0 N–H and O–H groups in total. The van der Waals surface area contributed by atoms with Crippen molar-refractivity contribution in [3.63, 3.8) is 0 Å². The van der Waals surface area contributed by atoms with E-state index in [-0.39, 0.29) is 29.4 Å². The van der Waals surface area contributed by atoms with Crippen molar-refractivity contribution in [3.05, 3.63) is 63.4 Å². The number of halogens is 3. The number of aromatic nitrogens is 3. The molecule has 1 aromatic carbocycles. The van der Waals surface area contributed by atoms with E-state index in [2.05, 4.69) is 30.7 Å². The van der Waals surface area contributed by atoms with Crippen molar-refractivity contribution >= 4 is 17.2 Å². The Hall–Kier alpha value is -2.92. The molecule has 2 aromatic heterocycles. The Balaban J connectivity index is 1.73. The van der Waals surface area contributed by atoms with Crippen molar-refractivity contribution in [3.8, 4) is 5.75 Å². The average Bonchev–Trinajstić information content (AvgIpc) is 3.54. The second kappa shape index (κ2) is 10.2. The van der Waals surface area contributed by atoms with Gasteiger partial charge in [0.15, 0.2) is 4.80 Å². The lowest BCUT2D eigenvalue weighted by Crippen LogP contribution is -2.23. The van der Waals surface area contributed by atoms with Crippen LogP contribution in [-0.4, -0.2) is 32.7 Å². The Bertz CT molecular complexity index is 1290. The smallest absolute Gasteiger partial charge is 0.416 e. The first kappa shape index (κ1) is 26.2. The molecule has 0 aliphatic carbocycles. The number of hydrogen-bond acceptors (Lipinski definition) is 5. The van der Waals surface area contributed by atoms with Gasteiger partial charge >= 0.3 is 6.18 Å². The molecule has 36 heavy (non-hydrogen) atoms. The van der Waals surface area contributed by atoms with E-state index in [1.54, 1.807) is 24.1 Å². The second-order valence-corrected chi connectivity index (χ2v) is 10.8. The summed E-state index contributed by atoms with van der Waals surface area (Å²) >= 11 is 1.35. The number of amides is 1. The summed E-state index contributed by atoms with van der Waals surface area (Å²) < 4.78 is 55.5. The van der Waals surface area contributed by atoms with Gasteiger partial charge in [0.25, 0.3) is 5.91 Å². The molecule has 1 amide bonds. The van der Waals surface area contributed by atoms with E-state index in [4.69, 9.17) is 9.47 Å². The number of thiazole rings is 1. The third kappa shape index (κ3) is 6.07. The third-order valence-electron chi connectivity index (χ3n) is 5.91. The van der Waals surface area contributed by atoms with Gasteiger partial charge < -0.3 is 18.6 Å². The van der Waals surface area contributed by atoms with Crippen LogP contribution in [0.3, 0.4) is 0 Å². The number of carbonyl (C=O) groups excluding carboxylic acids is 1. The van der Waals surface area contributed by atoms with Crippen molar-refractivity contribution in [1.82, 2.24) is 14.1 Å². The van der Waals surface area contributed by atoms with Gasteiger partial charge in [0.2, 0.25) is 0 Å². The van der Waals surface area contributed by atoms with Crippen LogP contribution in [-0.2, 0) is 36.5 Å². The van der Waals surface area contributed by atoms with Gasteiger partial charge in [0.1, 0.15) is 12.4 Å². The summed E-state index contributed by atoms with van der Waals surface area (Å²) in [7, 11) is 1.77. The Morgan fingerprint density at radius 3 is 2.69 bits per heavy atom. The number of alkyl halides is 3. The highest BCUT2D eigenvalue weighted by molar-refractivity contribution is 7.09. The summed E-state index contributed by atoms with van der Waals surface area (Å²) in [5.41, 5.74) is -0.676. The molecule has 1 fully saturated rings. The van der Waals surface area contributed by atoms with Crippen molar-refractivity contribution in [1.29, 1.82) is 0 Å². The van der Waals surface area contributed by atoms with Gasteiger partial charge in [-0.3, -0.25) is 4.79 Å². The molecule has 1 atom stereocenters. The Kier molecular flexibility index (Phi) is 7.42. The number of imidazole rings is 1. The maximum absolute atomic E-state index is 13.5. The Labute approximate surface area is 211 Å². The highest BCUT2D eigenvalue weighted by Gasteiger charge is 2.32. The number of ether oxygens (including phenoxy) is 2. The fourth-order valence-corrected chi connectivity index (χ4v) is 4.83. The first-order valence-electron chi connectivity index (χ1n) is 11.6. The second-order valence-electron chi connectivity index (χ2n) is 9.83. The van der Waals surface area contributed by atoms with Gasteiger partial charge in [-0.05, 0) is 36.5 Å². The summed E-state index contributed by atoms with van der Waals surface area (Å²) in [5.74, 6) is -0.777. The molecule has 4 rings (SSSR count). The van der Waals surface area contributed by atoms with Crippen LogP contribution in [0, 0.1) is 0 Å². The van der Waals surface area contributed by atoms with Crippen LogP contribution in [0.2, 0.25) is 0 Å². The van der Waals surface area contributed by atoms with Crippen molar-refractivity contribution in [2.45, 2.75) is 64.5 Å². The zero-order valence-electron chi connectivity index (χ0n) is 20.6. The number of benzene rings is 1. The summed E-state index contributed by atoms with van der Waals surface area (Å²) in [6, 6.07) is 2.86. The van der Waals surface area contributed by atoms with E-state index in [0.29, 0.717) is 23.6 Å². The van der Waals surface area contributed by atoms with E-state index < -0.39 is 17.6 Å². The van der Waals surface area contributed by atoms with Crippen molar-refractivity contribution in [2.75, 3.05) is 6.61 Å². The molecule has 1 saturated heterocycles. The number of aryl methyl sites for hydroxylation is 1. The largest absolute Gasteiger partial charge is 0.486 e. The first-order chi connectivity index (χ1) is 16.9. The summed E-state index contributed by atoms with van der Waals surface area (Å²) in [6.07, 6.45) is 2.39. The lowest BCUT2D eigenvalue weighted by molar-refractivity contribution is -0.137. The third-order valence-corrected chi connectivity index (χ3v) is 7.36. The van der Waals surface area contributed by atoms with Crippen LogP contribution in [0.5, 0.6) is 5.75 Å². The van der Waals surface area contributed by atoms with E-state index in [0.717, 1.165) is 35.9 Å². The van der Waals surface area contributed by atoms with E-state index in [9.17, 15) is 18.0 Å². The van der Waals surface area contributed by atoms with Crippen LogP contribution in [0.1, 0.15) is 60.1 Å². The highest BCUT2D eigenvalue weighted by atomic mass is 32.1. The highest BCUT2D eigenvalue weighted by Crippen LogP contribution is 2.33. The molecule has 1 aliphatic rings. The minimum Gasteiger partial charge on any atom is -0.486 e. The lowest BCUT2D eigenvalue weighted by Gasteiger charge is -2.15. The molecule has 0 radical (unpaired) electrons. The molecular formula is C25H29F3N4O3S. The fraction of sp³-hybridized carbons (Fsp3) is 0.480. The van der Waals surface area contributed by atoms with Crippen LogP contribution in [0.15, 0.2) is 41.9 Å². The van der Waals surface area contributed by atoms with Gasteiger partial charge in [0, 0.05) is 24.7 Å². The standard InChI is InChI=1S/C25H29F3N4O3S/c1-24(2,3)21-13-32(12-18-6-5-9-34-18)23(36-21)30-22(33)19-10-16(25(26,27)28)7-8-20(19)35-14-17-11-29-15-31(17)4/h7-8,10-11,13,15,18H,5-6,9,12,14H2,1-4H3/t18-/m1/s1. The zero-order chi connectivity index (χ0) is 26.1. The molecule has 3 aromatic rings. The van der Waals surface area contributed by atoms with Crippen LogP contribution in [0.25, 0.3) is 0 Å². The lowest BCUT2D eigenvalue weighted by atomic mass is 9.95. The molecule has 1 aliphatic heterocycles. The molecule has 194 valence electrons. The first-order valence-corrected chi connectivity index (χ1v) is 12.4. The Morgan fingerprint density at radius 1 is 1.31 bits per heavy atom. The van der Waals surface area contributed by atoms with Gasteiger partial charge in [0.05, 0.1) is 42.0 Å². The molecule has 3 heterocycles. The summed E-state index contributed by atoms with van der Waals surface area (Å²) in [6.45, 7) is 7.40. The summed E-state index contributed by atoms with van der Waals surface area (Å²) in [4.78, 5) is 23.0. The minimum absolute atomic E-state index is 0.00724. The van der Waals surface area contributed by atoms with Crippen LogP contribution < -0.4 is 9.54 Å². The average molecular weight is 523 g/mol. The molecule has 0 bridgehead atoms. The van der Waals surface area contributed by atoms with Gasteiger partial charge in [-0.2, -0.15) is 18.2 Å². The van der Waals surface area contributed by atoms with E-state index in [1.165, 1.54) is 11.3 Å². The maximum atomic E-state index is 13.5. The minimum atomic E-state index is -4.61. The van der Waals surface area contributed by atoms with E-state index >= 15 is 0 Å². The molecule has 0 saturated carbocycles. The normalized spacial score (nSPS) is 17.1. The molecule has 11 heteroatoms. The zero-order valence-corrected chi connectivity index (χ0v) is 21.4. The van der Waals surface area contributed by atoms with Crippen molar-refractivity contribution < 1.29 is 27.4 Å². The molecular weight excluding hydrogens is 493 g/mol. The predicted octanol–water partition coefficient (Wildman–Crippen LogP) is 5.10.